The Bertz CT molecular complexity index is 616. The van der Waals surface area contributed by atoms with Gasteiger partial charge in [-0.3, -0.25) is 4.79 Å². The van der Waals surface area contributed by atoms with Crippen LogP contribution in [-0.4, -0.2) is 35.6 Å². The molecule has 0 saturated heterocycles. The van der Waals surface area contributed by atoms with Crippen LogP contribution < -0.4 is 0 Å². The molecular formula is C17H22N2O2. The maximum atomic E-state index is 11.2. The van der Waals surface area contributed by atoms with Crippen LogP contribution >= 0.6 is 0 Å². The third-order valence-corrected chi connectivity index (χ3v) is 4.12. The van der Waals surface area contributed by atoms with Crippen LogP contribution in [0.4, 0.5) is 0 Å². The lowest BCUT2D eigenvalue weighted by atomic mass is 10.1. The number of carbonyl (C=O) groups excluding carboxylic acids is 1. The van der Waals surface area contributed by atoms with Gasteiger partial charge in [0.1, 0.15) is 0 Å². The number of para-hydroxylation sites is 1. The fraction of sp³-hybridized carbons (Fsp3) is 0.471. The van der Waals surface area contributed by atoms with E-state index < -0.39 is 0 Å². The number of benzene rings is 1. The zero-order valence-electron chi connectivity index (χ0n) is 12.5. The van der Waals surface area contributed by atoms with Crippen molar-refractivity contribution in [2.75, 3.05) is 13.7 Å². The lowest BCUT2D eigenvalue weighted by Gasteiger charge is -2.15. The summed E-state index contributed by atoms with van der Waals surface area (Å²) in [4.78, 5) is 13.2. The first-order chi connectivity index (χ1) is 10.3. The molecule has 112 valence electrons. The molecule has 21 heavy (non-hydrogen) atoms. The minimum Gasteiger partial charge on any atom is -0.385 e. The molecule has 1 amide bonds. The lowest BCUT2D eigenvalue weighted by Crippen LogP contribution is -2.23. The van der Waals surface area contributed by atoms with Crippen LogP contribution in [0, 0.1) is 0 Å². The first-order valence-electron chi connectivity index (χ1n) is 7.60. The van der Waals surface area contributed by atoms with Gasteiger partial charge in [0, 0.05) is 49.9 Å². The number of carbonyl (C=O) groups is 1. The van der Waals surface area contributed by atoms with Crippen molar-refractivity contribution in [3.8, 4) is 0 Å². The van der Waals surface area contributed by atoms with Gasteiger partial charge in [-0.25, -0.2) is 0 Å². The van der Waals surface area contributed by atoms with E-state index in [9.17, 15) is 4.79 Å². The van der Waals surface area contributed by atoms with E-state index >= 15 is 0 Å². The van der Waals surface area contributed by atoms with E-state index in [1.807, 2.05) is 4.90 Å². The van der Waals surface area contributed by atoms with Crippen molar-refractivity contribution in [1.29, 1.82) is 0 Å². The molecule has 0 atom stereocenters. The molecule has 0 spiro atoms. The number of aryl methyl sites for hydroxylation is 1. The summed E-state index contributed by atoms with van der Waals surface area (Å²) in [6, 6.07) is 8.88. The molecule has 4 nitrogen and oxygen atoms in total. The van der Waals surface area contributed by atoms with Crippen LogP contribution in [0.15, 0.2) is 30.5 Å². The predicted molar refractivity (Wildman–Crippen MR) is 83.1 cm³/mol. The standard InChI is InChI=1S/C17H22N2O2/c1-21-10-4-9-18-11-14(12-19(13-20)15-7-8-15)16-5-2-3-6-17(16)18/h2-3,5-6,11,13,15H,4,7-10,12H2,1H3. The summed E-state index contributed by atoms with van der Waals surface area (Å²) in [7, 11) is 1.73. The van der Waals surface area contributed by atoms with Gasteiger partial charge in [0.2, 0.25) is 6.41 Å². The number of rotatable bonds is 8. The highest BCUT2D eigenvalue weighted by Gasteiger charge is 2.28. The third kappa shape index (κ3) is 3.10. The Morgan fingerprint density at radius 1 is 1.38 bits per heavy atom. The van der Waals surface area contributed by atoms with Crippen molar-refractivity contribution in [2.24, 2.45) is 0 Å². The smallest absolute Gasteiger partial charge is 0.210 e. The Labute approximate surface area is 125 Å². The van der Waals surface area contributed by atoms with Crippen LogP contribution in [0.2, 0.25) is 0 Å². The zero-order valence-corrected chi connectivity index (χ0v) is 12.5. The molecule has 1 aliphatic carbocycles. The number of aromatic nitrogens is 1. The molecule has 0 unspecified atom stereocenters. The Kier molecular flexibility index (Phi) is 4.25. The highest BCUT2D eigenvalue weighted by molar-refractivity contribution is 5.84. The SMILES string of the molecule is COCCCn1cc(CN(C=O)C2CC2)c2ccccc21. The van der Waals surface area contributed by atoms with Crippen molar-refractivity contribution >= 4 is 17.3 Å². The zero-order chi connectivity index (χ0) is 14.7. The van der Waals surface area contributed by atoms with Crippen molar-refractivity contribution < 1.29 is 9.53 Å². The Balaban J connectivity index is 1.85. The van der Waals surface area contributed by atoms with E-state index in [1.54, 1.807) is 7.11 Å². The number of ether oxygens (including phenoxy) is 1. The van der Waals surface area contributed by atoms with Crippen molar-refractivity contribution in [3.63, 3.8) is 0 Å². The van der Waals surface area contributed by atoms with Gasteiger partial charge < -0.3 is 14.2 Å². The molecule has 0 N–H and O–H groups in total. The molecule has 0 aliphatic heterocycles. The van der Waals surface area contributed by atoms with E-state index in [0.717, 1.165) is 38.8 Å². The quantitative estimate of drug-likeness (QED) is 0.552. The van der Waals surface area contributed by atoms with E-state index in [1.165, 1.54) is 16.5 Å². The van der Waals surface area contributed by atoms with Crippen molar-refractivity contribution in [2.45, 2.75) is 38.4 Å². The van der Waals surface area contributed by atoms with Crippen LogP contribution in [0.25, 0.3) is 10.9 Å². The lowest BCUT2D eigenvalue weighted by molar-refractivity contribution is -0.119. The van der Waals surface area contributed by atoms with Gasteiger partial charge in [0.05, 0.1) is 0 Å². The molecule has 1 heterocycles. The summed E-state index contributed by atoms with van der Waals surface area (Å²) in [6.45, 7) is 2.43. The normalized spacial score (nSPS) is 14.5. The summed E-state index contributed by atoms with van der Waals surface area (Å²) < 4.78 is 7.41. The maximum absolute atomic E-state index is 11.2. The molecule has 3 rings (SSSR count). The minimum atomic E-state index is 0.457. The summed E-state index contributed by atoms with van der Waals surface area (Å²) in [5.41, 5.74) is 2.48. The van der Waals surface area contributed by atoms with Gasteiger partial charge in [-0.05, 0) is 30.9 Å². The second-order valence-corrected chi connectivity index (χ2v) is 5.72. The van der Waals surface area contributed by atoms with E-state index in [2.05, 4.69) is 35.0 Å². The summed E-state index contributed by atoms with van der Waals surface area (Å²) in [5.74, 6) is 0. The summed E-state index contributed by atoms with van der Waals surface area (Å²) in [6.07, 6.45) is 6.47. The highest BCUT2D eigenvalue weighted by Crippen LogP contribution is 2.29. The first-order valence-corrected chi connectivity index (χ1v) is 7.60. The number of fused-ring (bicyclic) bond motifs is 1. The van der Waals surface area contributed by atoms with Crippen LogP contribution in [0.3, 0.4) is 0 Å². The van der Waals surface area contributed by atoms with Crippen LogP contribution in [0.1, 0.15) is 24.8 Å². The Morgan fingerprint density at radius 2 is 2.19 bits per heavy atom. The second kappa shape index (κ2) is 6.31. The predicted octanol–water partition coefficient (Wildman–Crippen LogP) is 2.80. The van der Waals surface area contributed by atoms with Crippen molar-refractivity contribution in [1.82, 2.24) is 9.47 Å². The maximum Gasteiger partial charge on any atom is 0.210 e. The number of methoxy groups -OCH3 is 1. The third-order valence-electron chi connectivity index (χ3n) is 4.12. The summed E-state index contributed by atoms with van der Waals surface area (Å²) in [5, 5.41) is 1.25. The van der Waals surface area contributed by atoms with Crippen molar-refractivity contribution in [3.05, 3.63) is 36.0 Å². The monoisotopic (exact) mass is 286 g/mol. The molecule has 1 aromatic heterocycles. The van der Waals surface area contributed by atoms with Gasteiger partial charge in [-0.1, -0.05) is 18.2 Å². The topological polar surface area (TPSA) is 34.5 Å². The Morgan fingerprint density at radius 3 is 2.90 bits per heavy atom. The largest absolute Gasteiger partial charge is 0.385 e. The fourth-order valence-corrected chi connectivity index (χ4v) is 2.87. The number of amides is 1. The van der Waals surface area contributed by atoms with Gasteiger partial charge >= 0.3 is 0 Å². The number of hydrogen-bond acceptors (Lipinski definition) is 2. The summed E-state index contributed by atoms with van der Waals surface area (Å²) >= 11 is 0. The second-order valence-electron chi connectivity index (χ2n) is 5.72. The molecule has 0 radical (unpaired) electrons. The average Bonchev–Trinajstić information content (AvgIpc) is 3.30. The number of nitrogens with zero attached hydrogens (tertiary/aromatic N) is 2. The molecule has 1 aromatic carbocycles. The van der Waals surface area contributed by atoms with E-state index in [0.29, 0.717) is 12.6 Å². The molecule has 2 aromatic rings. The van der Waals surface area contributed by atoms with Gasteiger partial charge in [0.25, 0.3) is 0 Å². The van der Waals surface area contributed by atoms with E-state index in [-0.39, 0.29) is 0 Å². The molecule has 1 saturated carbocycles. The molecule has 0 bridgehead atoms. The van der Waals surface area contributed by atoms with Crippen LogP contribution in [-0.2, 0) is 22.6 Å². The molecule has 4 heteroatoms. The molecule has 1 fully saturated rings. The first kappa shape index (κ1) is 14.1. The number of hydrogen-bond donors (Lipinski definition) is 0. The fourth-order valence-electron chi connectivity index (χ4n) is 2.87. The minimum absolute atomic E-state index is 0.457. The van der Waals surface area contributed by atoms with Gasteiger partial charge in [0.15, 0.2) is 0 Å². The highest BCUT2D eigenvalue weighted by atomic mass is 16.5. The van der Waals surface area contributed by atoms with Gasteiger partial charge in [-0.2, -0.15) is 0 Å². The molecule has 1 aliphatic rings. The molecular weight excluding hydrogens is 264 g/mol. The van der Waals surface area contributed by atoms with Gasteiger partial charge in [-0.15, -0.1) is 0 Å². The van der Waals surface area contributed by atoms with Crippen LogP contribution in [0.5, 0.6) is 0 Å². The Hall–Kier alpha value is -1.81. The average molecular weight is 286 g/mol. The van der Waals surface area contributed by atoms with E-state index in [4.69, 9.17) is 4.74 Å².